The van der Waals surface area contributed by atoms with Gasteiger partial charge >= 0.3 is 0 Å². The smallest absolute Gasteiger partial charge is 0.244 e. The van der Waals surface area contributed by atoms with Crippen molar-refractivity contribution in [3.05, 3.63) is 65.2 Å². The summed E-state index contributed by atoms with van der Waals surface area (Å²) >= 11 is 0. The number of aryl methyl sites for hydroxylation is 2. The summed E-state index contributed by atoms with van der Waals surface area (Å²) in [4.78, 5) is 27.8. The molecule has 0 spiro atoms. The number of nitrogens with one attached hydrogen (secondary N) is 1. The zero-order chi connectivity index (χ0) is 23.9. The number of hydrogen-bond acceptors (Lipinski definition) is 4. The maximum absolute atomic E-state index is 13.5. The van der Waals surface area contributed by atoms with Crippen LogP contribution in [0.25, 0.3) is 0 Å². The van der Waals surface area contributed by atoms with Gasteiger partial charge in [0.05, 0.1) is 11.9 Å². The highest BCUT2D eigenvalue weighted by atomic mass is 32.2. The standard InChI is InChI=1S/C24H33N3O4S/c1-6-21(24(29)25-7-2)26(16-20-14-10-8-12-18(20)3)23(28)17-27(32(5,30)31)22-15-11-9-13-19(22)4/h8-15,21H,6-7,16-17H2,1-5H3,(H,25,29)/t21-/m0/s1. The Morgan fingerprint density at radius 2 is 1.56 bits per heavy atom. The second kappa shape index (κ2) is 11.1. The second-order valence-electron chi connectivity index (χ2n) is 7.82. The molecule has 174 valence electrons. The van der Waals surface area contributed by atoms with E-state index in [4.69, 9.17) is 0 Å². The number of carbonyl (C=O) groups is 2. The average molecular weight is 460 g/mol. The SMILES string of the molecule is CCNC(=O)[C@H](CC)N(Cc1ccccc1C)C(=O)CN(c1ccccc1C)S(C)(=O)=O. The Kier molecular flexibility index (Phi) is 8.83. The zero-order valence-electron chi connectivity index (χ0n) is 19.5. The summed E-state index contributed by atoms with van der Waals surface area (Å²) < 4.78 is 26.3. The van der Waals surface area contributed by atoms with E-state index in [2.05, 4.69) is 5.32 Å². The molecule has 0 saturated heterocycles. The van der Waals surface area contributed by atoms with Crippen molar-refractivity contribution in [3.63, 3.8) is 0 Å². The van der Waals surface area contributed by atoms with Gasteiger partial charge in [-0.3, -0.25) is 13.9 Å². The monoisotopic (exact) mass is 459 g/mol. The molecule has 1 N–H and O–H groups in total. The molecule has 2 aromatic rings. The quantitative estimate of drug-likeness (QED) is 0.592. The molecule has 1 atom stereocenters. The minimum atomic E-state index is -3.73. The summed E-state index contributed by atoms with van der Waals surface area (Å²) in [6, 6.07) is 14.0. The van der Waals surface area contributed by atoms with Crippen LogP contribution in [0.4, 0.5) is 5.69 Å². The summed E-state index contributed by atoms with van der Waals surface area (Å²) in [7, 11) is -3.73. The number of sulfonamides is 1. The fourth-order valence-electron chi connectivity index (χ4n) is 3.62. The number of likely N-dealkylation sites (N-methyl/N-ethyl adjacent to an activating group) is 1. The minimum absolute atomic E-state index is 0.215. The lowest BCUT2D eigenvalue weighted by molar-refractivity contribution is -0.140. The largest absolute Gasteiger partial charge is 0.355 e. The van der Waals surface area contributed by atoms with Gasteiger partial charge in [-0.15, -0.1) is 0 Å². The summed E-state index contributed by atoms with van der Waals surface area (Å²) in [6.45, 7) is 7.68. The van der Waals surface area contributed by atoms with E-state index >= 15 is 0 Å². The second-order valence-corrected chi connectivity index (χ2v) is 9.73. The van der Waals surface area contributed by atoms with E-state index < -0.39 is 22.0 Å². The zero-order valence-corrected chi connectivity index (χ0v) is 20.3. The van der Waals surface area contributed by atoms with E-state index in [1.165, 1.54) is 4.90 Å². The third kappa shape index (κ3) is 6.32. The van der Waals surface area contributed by atoms with Crippen molar-refractivity contribution >= 4 is 27.5 Å². The Morgan fingerprint density at radius 1 is 0.969 bits per heavy atom. The van der Waals surface area contributed by atoms with Crippen LogP contribution in [0.2, 0.25) is 0 Å². The molecule has 0 heterocycles. The van der Waals surface area contributed by atoms with Gasteiger partial charge < -0.3 is 10.2 Å². The van der Waals surface area contributed by atoms with E-state index in [0.717, 1.165) is 27.3 Å². The molecule has 2 aromatic carbocycles. The first-order valence-electron chi connectivity index (χ1n) is 10.7. The summed E-state index contributed by atoms with van der Waals surface area (Å²) in [5, 5.41) is 2.79. The molecule has 0 radical (unpaired) electrons. The van der Waals surface area contributed by atoms with Crippen molar-refractivity contribution in [1.82, 2.24) is 10.2 Å². The molecule has 7 nitrogen and oxygen atoms in total. The van der Waals surface area contributed by atoms with Crippen molar-refractivity contribution in [2.24, 2.45) is 0 Å². The van der Waals surface area contributed by atoms with Crippen LogP contribution in [0.3, 0.4) is 0 Å². The Bertz CT molecular complexity index is 1050. The maximum Gasteiger partial charge on any atom is 0.244 e. The van der Waals surface area contributed by atoms with Crippen molar-refractivity contribution < 1.29 is 18.0 Å². The minimum Gasteiger partial charge on any atom is -0.355 e. The lowest BCUT2D eigenvalue weighted by Gasteiger charge is -2.33. The van der Waals surface area contributed by atoms with Gasteiger partial charge in [0, 0.05) is 13.1 Å². The highest BCUT2D eigenvalue weighted by molar-refractivity contribution is 7.92. The number of rotatable bonds is 10. The first-order chi connectivity index (χ1) is 15.1. The number of nitrogens with zero attached hydrogens (tertiary/aromatic N) is 2. The number of para-hydroxylation sites is 1. The Labute approximate surface area is 191 Å². The predicted octanol–water partition coefficient (Wildman–Crippen LogP) is 3.01. The first-order valence-corrected chi connectivity index (χ1v) is 12.6. The van der Waals surface area contributed by atoms with E-state index in [-0.39, 0.29) is 19.0 Å². The molecule has 0 aliphatic heterocycles. The molecule has 0 saturated carbocycles. The Hall–Kier alpha value is -2.87. The average Bonchev–Trinajstić information content (AvgIpc) is 2.73. The third-order valence-electron chi connectivity index (χ3n) is 5.40. The van der Waals surface area contributed by atoms with Crippen molar-refractivity contribution in [1.29, 1.82) is 0 Å². The number of amides is 2. The van der Waals surface area contributed by atoms with Gasteiger partial charge in [0.25, 0.3) is 0 Å². The molecule has 0 unspecified atom stereocenters. The number of anilines is 1. The first kappa shape index (κ1) is 25.4. The van der Waals surface area contributed by atoms with E-state index in [0.29, 0.717) is 18.7 Å². The molecular formula is C24H33N3O4S. The molecule has 8 heteroatoms. The van der Waals surface area contributed by atoms with Gasteiger partial charge in [0.1, 0.15) is 12.6 Å². The molecule has 0 fully saturated rings. The van der Waals surface area contributed by atoms with Crippen LogP contribution in [0.15, 0.2) is 48.5 Å². The lowest BCUT2D eigenvalue weighted by atomic mass is 10.1. The van der Waals surface area contributed by atoms with Crippen LogP contribution in [-0.2, 0) is 26.2 Å². The molecule has 2 amide bonds. The molecule has 32 heavy (non-hydrogen) atoms. The molecular weight excluding hydrogens is 426 g/mol. The Morgan fingerprint density at radius 3 is 2.09 bits per heavy atom. The normalized spacial score (nSPS) is 12.2. The van der Waals surface area contributed by atoms with Crippen LogP contribution >= 0.6 is 0 Å². The molecule has 0 bridgehead atoms. The van der Waals surface area contributed by atoms with Crippen LogP contribution < -0.4 is 9.62 Å². The summed E-state index contributed by atoms with van der Waals surface area (Å²) in [5.74, 6) is -0.682. The van der Waals surface area contributed by atoms with Gasteiger partial charge in [-0.25, -0.2) is 8.42 Å². The number of carbonyl (C=O) groups excluding carboxylic acids is 2. The molecule has 0 aromatic heterocycles. The van der Waals surface area contributed by atoms with E-state index in [1.54, 1.807) is 25.1 Å². The van der Waals surface area contributed by atoms with Gasteiger partial charge in [-0.1, -0.05) is 49.4 Å². The number of benzene rings is 2. The van der Waals surface area contributed by atoms with Crippen LogP contribution in [-0.4, -0.2) is 50.5 Å². The number of hydrogen-bond donors (Lipinski definition) is 1. The Balaban J connectivity index is 2.46. The van der Waals surface area contributed by atoms with Crippen LogP contribution in [0, 0.1) is 13.8 Å². The third-order valence-corrected chi connectivity index (χ3v) is 6.53. The molecule has 0 aliphatic rings. The van der Waals surface area contributed by atoms with Crippen molar-refractivity contribution in [2.45, 2.75) is 46.7 Å². The van der Waals surface area contributed by atoms with E-state index in [1.807, 2.05) is 51.1 Å². The lowest BCUT2D eigenvalue weighted by Crippen LogP contribution is -2.52. The van der Waals surface area contributed by atoms with Gasteiger partial charge in [-0.05, 0) is 49.9 Å². The molecule has 2 rings (SSSR count). The van der Waals surface area contributed by atoms with Gasteiger partial charge in [0.15, 0.2) is 0 Å². The van der Waals surface area contributed by atoms with Crippen LogP contribution in [0.1, 0.15) is 37.0 Å². The van der Waals surface area contributed by atoms with Crippen molar-refractivity contribution in [3.8, 4) is 0 Å². The fourth-order valence-corrected chi connectivity index (χ4v) is 4.53. The highest BCUT2D eigenvalue weighted by Gasteiger charge is 2.32. The summed E-state index contributed by atoms with van der Waals surface area (Å²) in [6.07, 6.45) is 1.49. The maximum atomic E-state index is 13.5. The molecule has 0 aliphatic carbocycles. The predicted molar refractivity (Wildman–Crippen MR) is 128 cm³/mol. The fraction of sp³-hybridized carbons (Fsp3) is 0.417. The summed E-state index contributed by atoms with van der Waals surface area (Å²) in [5.41, 5.74) is 3.09. The van der Waals surface area contributed by atoms with E-state index in [9.17, 15) is 18.0 Å². The van der Waals surface area contributed by atoms with Crippen molar-refractivity contribution in [2.75, 3.05) is 23.7 Å². The van der Waals surface area contributed by atoms with Gasteiger partial charge in [0.2, 0.25) is 21.8 Å². The van der Waals surface area contributed by atoms with Crippen LogP contribution in [0.5, 0.6) is 0 Å². The topological polar surface area (TPSA) is 86.8 Å². The highest BCUT2D eigenvalue weighted by Crippen LogP contribution is 2.23. The van der Waals surface area contributed by atoms with Gasteiger partial charge in [-0.2, -0.15) is 0 Å².